The lowest BCUT2D eigenvalue weighted by Crippen LogP contribution is -2.07. The van der Waals surface area contributed by atoms with E-state index < -0.39 is 10.8 Å². The van der Waals surface area contributed by atoms with Crippen molar-refractivity contribution in [3.05, 3.63) is 77.9 Å². The average molecular weight is 369 g/mol. The molecule has 1 amide bonds. The van der Waals surface area contributed by atoms with Crippen molar-refractivity contribution in [2.24, 2.45) is 0 Å². The highest BCUT2D eigenvalue weighted by molar-refractivity contribution is 7.86. The van der Waals surface area contributed by atoms with E-state index in [1.165, 1.54) is 6.08 Å². The molecule has 0 radical (unpaired) electrons. The second-order valence-corrected chi connectivity index (χ2v) is 7.68. The largest absolute Gasteiger partial charge is 0.297 e. The molecule has 1 unspecified atom stereocenters. The van der Waals surface area contributed by atoms with Crippen LogP contribution in [0.3, 0.4) is 0 Å². The lowest BCUT2D eigenvalue weighted by Gasteiger charge is -1.98. The molecule has 0 fully saturated rings. The number of rotatable bonds is 6. The Morgan fingerprint density at radius 3 is 2.44 bits per heavy atom. The summed E-state index contributed by atoms with van der Waals surface area (Å²) in [4.78, 5) is 11.9. The predicted octanol–water partition coefficient (Wildman–Crippen LogP) is 3.50. The fraction of sp³-hybridized carbons (Fsp3) is 0.0556. The Kier molecular flexibility index (Phi) is 5.81. The first-order valence-electron chi connectivity index (χ1n) is 7.50. The minimum Gasteiger partial charge on any atom is -0.297 e. The number of carbonyl (C=O) groups excluding carboxylic acids is 1. The van der Waals surface area contributed by atoms with Crippen molar-refractivity contribution >= 4 is 39.3 Å². The monoisotopic (exact) mass is 369 g/mol. The van der Waals surface area contributed by atoms with E-state index in [9.17, 15) is 9.00 Å². The molecular weight excluding hydrogens is 354 g/mol. The molecule has 1 atom stereocenters. The summed E-state index contributed by atoms with van der Waals surface area (Å²) in [6.45, 7) is 0. The van der Waals surface area contributed by atoms with Crippen LogP contribution in [0.5, 0.6) is 0 Å². The molecule has 3 rings (SSSR count). The SMILES string of the molecule is O=C(/C=C\c1ccccc1)Nc1nnc(S(=O)Cc2ccccc2)s1. The number of hydrogen-bond donors (Lipinski definition) is 1. The van der Waals surface area contributed by atoms with Gasteiger partial charge in [-0.3, -0.25) is 14.3 Å². The first kappa shape index (κ1) is 17.2. The minimum absolute atomic E-state index is 0.305. The van der Waals surface area contributed by atoms with Gasteiger partial charge in [0, 0.05) is 6.08 Å². The molecule has 3 aromatic rings. The number of anilines is 1. The Morgan fingerprint density at radius 2 is 1.72 bits per heavy atom. The Balaban J connectivity index is 1.58. The first-order valence-corrected chi connectivity index (χ1v) is 9.64. The molecule has 0 saturated heterocycles. The summed E-state index contributed by atoms with van der Waals surface area (Å²) in [5.41, 5.74) is 1.90. The van der Waals surface area contributed by atoms with Crippen LogP contribution < -0.4 is 5.32 Å². The smallest absolute Gasteiger partial charge is 0.250 e. The summed E-state index contributed by atoms with van der Waals surface area (Å²) in [6, 6.07) is 19.1. The Bertz CT molecular complexity index is 893. The van der Waals surface area contributed by atoms with E-state index in [-0.39, 0.29) is 5.91 Å². The lowest BCUT2D eigenvalue weighted by molar-refractivity contribution is -0.111. The molecule has 2 aromatic carbocycles. The minimum atomic E-state index is -1.29. The Morgan fingerprint density at radius 1 is 1.04 bits per heavy atom. The Labute approximate surface area is 151 Å². The highest BCUT2D eigenvalue weighted by Crippen LogP contribution is 2.20. The number of amides is 1. The molecule has 7 heteroatoms. The number of nitrogens with zero attached hydrogens (tertiary/aromatic N) is 2. The fourth-order valence-corrected chi connectivity index (χ4v) is 4.04. The molecule has 0 aliphatic rings. The summed E-state index contributed by atoms with van der Waals surface area (Å²) < 4.78 is 12.7. The lowest BCUT2D eigenvalue weighted by atomic mass is 10.2. The molecule has 1 aromatic heterocycles. The topological polar surface area (TPSA) is 72.0 Å². The summed E-state index contributed by atoms with van der Waals surface area (Å²) in [5.74, 6) is 0.0672. The van der Waals surface area contributed by atoms with Gasteiger partial charge in [-0.1, -0.05) is 72.0 Å². The van der Waals surface area contributed by atoms with Gasteiger partial charge in [0.25, 0.3) is 0 Å². The zero-order valence-corrected chi connectivity index (χ0v) is 14.8. The molecule has 5 nitrogen and oxygen atoms in total. The quantitative estimate of drug-likeness (QED) is 0.533. The van der Waals surface area contributed by atoms with Gasteiger partial charge in [-0.25, -0.2) is 0 Å². The van der Waals surface area contributed by atoms with Gasteiger partial charge in [-0.15, -0.1) is 10.2 Å². The van der Waals surface area contributed by atoms with Crippen LogP contribution in [0.25, 0.3) is 6.08 Å². The summed E-state index contributed by atoms with van der Waals surface area (Å²) in [5, 5.41) is 10.8. The maximum Gasteiger partial charge on any atom is 0.250 e. The summed E-state index contributed by atoms with van der Waals surface area (Å²) in [7, 11) is -1.29. The van der Waals surface area contributed by atoms with E-state index in [2.05, 4.69) is 15.5 Å². The maximum absolute atomic E-state index is 12.3. The van der Waals surface area contributed by atoms with Gasteiger partial charge >= 0.3 is 0 Å². The van der Waals surface area contributed by atoms with Gasteiger partial charge in [-0.05, 0) is 17.2 Å². The number of nitrogens with one attached hydrogen (secondary N) is 1. The van der Waals surface area contributed by atoms with Gasteiger partial charge in [0.15, 0.2) is 0 Å². The van der Waals surface area contributed by atoms with Crippen molar-refractivity contribution in [1.29, 1.82) is 0 Å². The Hall–Kier alpha value is -2.64. The van der Waals surface area contributed by atoms with Gasteiger partial charge < -0.3 is 0 Å². The van der Waals surface area contributed by atoms with E-state index in [1.54, 1.807) is 6.08 Å². The van der Waals surface area contributed by atoms with Crippen LogP contribution >= 0.6 is 11.3 Å². The van der Waals surface area contributed by atoms with E-state index >= 15 is 0 Å². The summed E-state index contributed by atoms with van der Waals surface area (Å²) >= 11 is 1.12. The third-order valence-electron chi connectivity index (χ3n) is 3.20. The highest BCUT2D eigenvalue weighted by atomic mass is 32.2. The van der Waals surface area contributed by atoms with Crippen LogP contribution in [0, 0.1) is 0 Å². The number of benzene rings is 2. The van der Waals surface area contributed by atoms with Crippen LogP contribution in [-0.4, -0.2) is 20.3 Å². The molecule has 0 spiro atoms. The first-order chi connectivity index (χ1) is 12.2. The zero-order valence-electron chi connectivity index (χ0n) is 13.2. The van der Waals surface area contributed by atoms with Crippen molar-refractivity contribution in [3.63, 3.8) is 0 Å². The van der Waals surface area contributed by atoms with E-state index in [0.29, 0.717) is 15.2 Å². The van der Waals surface area contributed by atoms with Crippen LogP contribution in [0.4, 0.5) is 5.13 Å². The van der Waals surface area contributed by atoms with Crippen LogP contribution in [0.15, 0.2) is 71.1 Å². The third kappa shape index (κ3) is 5.17. The molecular formula is C18H15N3O2S2. The van der Waals surface area contributed by atoms with Crippen molar-refractivity contribution < 1.29 is 9.00 Å². The molecule has 0 bridgehead atoms. The summed E-state index contributed by atoms with van der Waals surface area (Å²) in [6.07, 6.45) is 3.14. The normalized spacial score (nSPS) is 12.2. The van der Waals surface area contributed by atoms with E-state index in [1.807, 2.05) is 60.7 Å². The van der Waals surface area contributed by atoms with E-state index in [0.717, 1.165) is 22.5 Å². The molecule has 0 aliphatic heterocycles. The second kappa shape index (κ2) is 8.46. The fourth-order valence-electron chi connectivity index (χ4n) is 2.02. The van der Waals surface area contributed by atoms with Crippen LogP contribution in [0.2, 0.25) is 0 Å². The van der Waals surface area contributed by atoms with Crippen molar-refractivity contribution in [3.8, 4) is 0 Å². The van der Waals surface area contributed by atoms with Gasteiger partial charge in [-0.2, -0.15) is 0 Å². The van der Waals surface area contributed by atoms with Gasteiger partial charge in [0.1, 0.15) is 0 Å². The molecule has 0 saturated carbocycles. The molecule has 126 valence electrons. The number of hydrogen-bond acceptors (Lipinski definition) is 5. The zero-order chi connectivity index (χ0) is 17.5. The molecule has 25 heavy (non-hydrogen) atoms. The second-order valence-electron chi connectivity index (χ2n) is 5.08. The third-order valence-corrected chi connectivity index (χ3v) is 5.71. The average Bonchev–Trinajstić information content (AvgIpc) is 3.10. The van der Waals surface area contributed by atoms with Gasteiger partial charge in [0.2, 0.25) is 15.4 Å². The van der Waals surface area contributed by atoms with Crippen molar-refractivity contribution in [1.82, 2.24) is 10.2 Å². The standard InChI is InChI=1S/C18H15N3O2S2/c22-16(12-11-14-7-3-1-4-8-14)19-17-20-21-18(24-17)25(23)13-15-9-5-2-6-10-15/h1-12H,13H2,(H,19,20,22)/b12-11-. The predicted molar refractivity (Wildman–Crippen MR) is 101 cm³/mol. The maximum atomic E-state index is 12.3. The van der Waals surface area contributed by atoms with Crippen molar-refractivity contribution in [2.75, 3.05) is 5.32 Å². The van der Waals surface area contributed by atoms with Gasteiger partial charge in [0.05, 0.1) is 16.6 Å². The van der Waals surface area contributed by atoms with E-state index in [4.69, 9.17) is 0 Å². The molecule has 1 heterocycles. The van der Waals surface area contributed by atoms with Crippen LogP contribution in [-0.2, 0) is 21.3 Å². The highest BCUT2D eigenvalue weighted by Gasteiger charge is 2.13. The number of aromatic nitrogens is 2. The number of carbonyl (C=O) groups is 1. The van der Waals surface area contributed by atoms with Crippen molar-refractivity contribution in [2.45, 2.75) is 10.1 Å². The molecule has 0 aliphatic carbocycles. The van der Waals surface area contributed by atoms with Crippen LogP contribution in [0.1, 0.15) is 11.1 Å². The molecule has 1 N–H and O–H groups in total.